The van der Waals surface area contributed by atoms with Crippen LogP contribution in [-0.2, 0) is 11.3 Å². The smallest absolute Gasteiger partial charge is 0.324 e. The molecule has 1 aromatic heterocycles. The average Bonchev–Trinajstić information content (AvgIpc) is 2.97. The SMILES string of the molecule is CC(=O)Nc1ccc(-c2ccnc(Nc3ccc(N(Cc4ccccc4)C(=O)N4CCNCC4)cc3)n2)cc1. The number of carbonyl (C=O) groups excluding carboxylic acids is 2. The standard InChI is InChI=1S/C30H31N7O2/c1-22(38)33-25-9-7-24(8-10-25)28-15-16-32-29(35-28)34-26-11-13-27(14-12-26)37(21-23-5-3-2-4-6-23)30(39)36-19-17-31-18-20-36/h2-16,31H,17-21H2,1H3,(H,33,38)(H,32,34,35). The maximum Gasteiger partial charge on any atom is 0.324 e. The number of amides is 3. The molecule has 3 amide bonds. The van der Waals surface area contributed by atoms with Gasteiger partial charge in [-0.1, -0.05) is 42.5 Å². The van der Waals surface area contributed by atoms with Crippen LogP contribution in [0.25, 0.3) is 11.3 Å². The van der Waals surface area contributed by atoms with Gasteiger partial charge < -0.3 is 20.9 Å². The lowest BCUT2D eigenvalue weighted by atomic mass is 10.1. The summed E-state index contributed by atoms with van der Waals surface area (Å²) in [5.74, 6) is 0.350. The topological polar surface area (TPSA) is 102 Å². The number of nitrogens with zero attached hydrogens (tertiary/aromatic N) is 4. The number of urea groups is 1. The molecule has 1 aliphatic rings. The third kappa shape index (κ3) is 6.77. The Bertz CT molecular complexity index is 1400. The number of nitrogens with one attached hydrogen (secondary N) is 3. The van der Waals surface area contributed by atoms with Crippen LogP contribution >= 0.6 is 0 Å². The molecule has 1 aliphatic heterocycles. The van der Waals surface area contributed by atoms with E-state index in [1.165, 1.54) is 6.92 Å². The number of hydrogen-bond acceptors (Lipinski definition) is 6. The first kappa shape index (κ1) is 25.9. The van der Waals surface area contributed by atoms with Gasteiger partial charge in [0.15, 0.2) is 0 Å². The van der Waals surface area contributed by atoms with Crippen LogP contribution in [0.15, 0.2) is 91.1 Å². The Labute approximate surface area is 227 Å². The summed E-state index contributed by atoms with van der Waals surface area (Å²) < 4.78 is 0. The molecule has 39 heavy (non-hydrogen) atoms. The zero-order valence-corrected chi connectivity index (χ0v) is 21.8. The first-order valence-electron chi connectivity index (χ1n) is 12.9. The Hall–Kier alpha value is -4.76. The lowest BCUT2D eigenvalue weighted by molar-refractivity contribution is -0.114. The lowest BCUT2D eigenvalue weighted by Crippen LogP contribution is -2.51. The minimum Gasteiger partial charge on any atom is -0.326 e. The van der Waals surface area contributed by atoms with Crippen LogP contribution in [0, 0.1) is 0 Å². The van der Waals surface area contributed by atoms with E-state index in [9.17, 15) is 9.59 Å². The van der Waals surface area contributed by atoms with Gasteiger partial charge in [-0.15, -0.1) is 0 Å². The average molecular weight is 522 g/mol. The van der Waals surface area contributed by atoms with E-state index >= 15 is 0 Å². The molecule has 0 spiro atoms. The first-order chi connectivity index (χ1) is 19.0. The monoisotopic (exact) mass is 521 g/mol. The van der Waals surface area contributed by atoms with Crippen molar-refractivity contribution in [3.8, 4) is 11.3 Å². The highest BCUT2D eigenvalue weighted by molar-refractivity contribution is 5.92. The van der Waals surface area contributed by atoms with Crippen LogP contribution < -0.4 is 20.9 Å². The summed E-state index contributed by atoms with van der Waals surface area (Å²) in [4.78, 5) is 37.5. The fraction of sp³-hybridized carbons (Fsp3) is 0.200. The van der Waals surface area contributed by atoms with Gasteiger partial charge in [-0.3, -0.25) is 9.69 Å². The normalized spacial score (nSPS) is 13.0. The highest BCUT2D eigenvalue weighted by Crippen LogP contribution is 2.25. The summed E-state index contributed by atoms with van der Waals surface area (Å²) in [6.07, 6.45) is 1.70. The van der Waals surface area contributed by atoms with Gasteiger partial charge in [0.25, 0.3) is 0 Å². The van der Waals surface area contributed by atoms with Crippen molar-refractivity contribution in [1.82, 2.24) is 20.2 Å². The minimum absolute atomic E-state index is 0.00150. The molecule has 9 heteroatoms. The number of aromatic nitrogens is 2. The van der Waals surface area contributed by atoms with Crippen molar-refractivity contribution >= 4 is 34.9 Å². The lowest BCUT2D eigenvalue weighted by Gasteiger charge is -2.33. The maximum atomic E-state index is 13.5. The number of anilines is 4. The van der Waals surface area contributed by atoms with Crippen LogP contribution in [0.1, 0.15) is 12.5 Å². The second-order valence-electron chi connectivity index (χ2n) is 9.29. The summed E-state index contributed by atoms with van der Waals surface area (Å²) in [5, 5.41) is 9.33. The molecule has 2 heterocycles. The van der Waals surface area contributed by atoms with E-state index in [-0.39, 0.29) is 11.9 Å². The van der Waals surface area contributed by atoms with Gasteiger partial charge in [0.05, 0.1) is 12.2 Å². The molecule has 0 aliphatic carbocycles. The molecule has 198 valence electrons. The van der Waals surface area contributed by atoms with Crippen LogP contribution in [-0.4, -0.2) is 53.0 Å². The minimum atomic E-state index is -0.112. The molecule has 0 bridgehead atoms. The Balaban J connectivity index is 1.31. The van der Waals surface area contributed by atoms with E-state index in [0.717, 1.165) is 47.0 Å². The highest BCUT2D eigenvalue weighted by atomic mass is 16.2. The van der Waals surface area contributed by atoms with Crippen molar-refractivity contribution < 1.29 is 9.59 Å². The molecule has 0 atom stereocenters. The fourth-order valence-corrected chi connectivity index (χ4v) is 4.42. The second-order valence-corrected chi connectivity index (χ2v) is 9.29. The summed E-state index contributed by atoms with van der Waals surface area (Å²) in [6.45, 7) is 4.94. The van der Waals surface area contributed by atoms with Crippen molar-refractivity contribution in [3.63, 3.8) is 0 Å². The maximum absolute atomic E-state index is 13.5. The summed E-state index contributed by atoms with van der Waals surface area (Å²) >= 11 is 0. The highest BCUT2D eigenvalue weighted by Gasteiger charge is 2.24. The molecule has 1 saturated heterocycles. The van der Waals surface area contributed by atoms with Crippen LogP contribution in [0.3, 0.4) is 0 Å². The number of benzene rings is 3. The molecule has 0 unspecified atom stereocenters. The quantitative estimate of drug-likeness (QED) is 0.321. The number of piperazine rings is 1. The molecule has 3 aromatic carbocycles. The predicted molar refractivity (Wildman–Crippen MR) is 154 cm³/mol. The van der Waals surface area contributed by atoms with E-state index in [1.807, 2.05) is 94.7 Å². The van der Waals surface area contributed by atoms with Gasteiger partial charge in [0.1, 0.15) is 0 Å². The first-order valence-corrected chi connectivity index (χ1v) is 12.9. The van der Waals surface area contributed by atoms with Crippen molar-refractivity contribution in [2.75, 3.05) is 41.7 Å². The molecule has 4 aromatic rings. The Morgan fingerprint density at radius 2 is 1.59 bits per heavy atom. The van der Waals surface area contributed by atoms with Crippen molar-refractivity contribution in [3.05, 3.63) is 96.7 Å². The third-order valence-electron chi connectivity index (χ3n) is 6.39. The predicted octanol–water partition coefficient (Wildman–Crippen LogP) is 4.88. The van der Waals surface area contributed by atoms with Gasteiger partial charge in [0.2, 0.25) is 11.9 Å². The van der Waals surface area contributed by atoms with E-state index in [2.05, 4.69) is 25.9 Å². The number of hydrogen-bond donors (Lipinski definition) is 3. The molecule has 0 saturated carbocycles. The zero-order valence-electron chi connectivity index (χ0n) is 21.8. The van der Waals surface area contributed by atoms with E-state index < -0.39 is 0 Å². The molecular formula is C30H31N7O2. The summed E-state index contributed by atoms with van der Waals surface area (Å²) in [6, 6.07) is 27.1. The number of rotatable bonds is 7. The Morgan fingerprint density at radius 3 is 2.28 bits per heavy atom. The Morgan fingerprint density at radius 1 is 0.897 bits per heavy atom. The van der Waals surface area contributed by atoms with E-state index in [0.29, 0.717) is 25.6 Å². The van der Waals surface area contributed by atoms with Crippen LogP contribution in [0.2, 0.25) is 0 Å². The van der Waals surface area contributed by atoms with Gasteiger partial charge in [-0.25, -0.2) is 14.8 Å². The van der Waals surface area contributed by atoms with Crippen molar-refractivity contribution in [2.24, 2.45) is 0 Å². The second kappa shape index (κ2) is 12.2. The molecular weight excluding hydrogens is 490 g/mol. The van der Waals surface area contributed by atoms with Gasteiger partial charge >= 0.3 is 6.03 Å². The molecule has 9 nitrogen and oxygen atoms in total. The van der Waals surface area contributed by atoms with Crippen molar-refractivity contribution in [1.29, 1.82) is 0 Å². The van der Waals surface area contributed by atoms with Gasteiger partial charge in [-0.2, -0.15) is 0 Å². The fourth-order valence-electron chi connectivity index (χ4n) is 4.42. The molecule has 1 fully saturated rings. The summed E-state index contributed by atoms with van der Waals surface area (Å²) in [5.41, 5.74) is 5.10. The molecule has 5 rings (SSSR count). The number of carbonyl (C=O) groups is 2. The molecule has 0 radical (unpaired) electrons. The Kier molecular flexibility index (Phi) is 8.09. The third-order valence-corrected chi connectivity index (χ3v) is 6.39. The van der Waals surface area contributed by atoms with Crippen LogP contribution in [0.4, 0.5) is 27.8 Å². The van der Waals surface area contributed by atoms with E-state index in [4.69, 9.17) is 0 Å². The summed E-state index contributed by atoms with van der Waals surface area (Å²) in [7, 11) is 0. The zero-order chi connectivity index (χ0) is 27.0. The van der Waals surface area contributed by atoms with Gasteiger partial charge in [-0.05, 0) is 48.0 Å². The van der Waals surface area contributed by atoms with Crippen molar-refractivity contribution in [2.45, 2.75) is 13.5 Å². The van der Waals surface area contributed by atoms with E-state index in [1.54, 1.807) is 6.20 Å². The largest absolute Gasteiger partial charge is 0.326 e. The molecule has 3 N–H and O–H groups in total. The van der Waals surface area contributed by atoms with Crippen LogP contribution in [0.5, 0.6) is 0 Å². The van der Waals surface area contributed by atoms with Gasteiger partial charge in [0, 0.05) is 61.9 Å².